The van der Waals surface area contributed by atoms with Gasteiger partial charge in [-0.1, -0.05) is 53.2 Å². The van der Waals surface area contributed by atoms with Crippen LogP contribution in [-0.4, -0.2) is 56.4 Å². The molecule has 13 atom stereocenters. The number of fused-ring (bicyclic) bond motifs is 7. The molecule has 4 fully saturated rings. The average Bonchev–Trinajstić information content (AvgIpc) is 2.80. The molecular formula is C30H48O6. The Morgan fingerprint density at radius 1 is 1.00 bits per heavy atom. The highest BCUT2D eigenvalue weighted by atomic mass is 16.4. The fourth-order valence-corrected chi connectivity index (χ4v) is 11.2. The molecule has 0 spiro atoms. The molecule has 0 aromatic carbocycles. The largest absolute Gasteiger partial charge is 0.481 e. The quantitative estimate of drug-likeness (QED) is 0.363. The molecule has 0 amide bonds. The predicted octanol–water partition coefficient (Wildman–Crippen LogP) is 4.00. The van der Waals surface area contributed by atoms with Crippen LogP contribution in [0.25, 0.3) is 0 Å². The Labute approximate surface area is 216 Å². The van der Waals surface area contributed by atoms with E-state index in [-0.39, 0.29) is 41.1 Å². The summed E-state index contributed by atoms with van der Waals surface area (Å²) in [4.78, 5) is 12.8. The van der Waals surface area contributed by atoms with Gasteiger partial charge in [0.05, 0.1) is 30.3 Å². The minimum Gasteiger partial charge on any atom is -0.481 e. The van der Waals surface area contributed by atoms with Crippen molar-refractivity contribution in [1.82, 2.24) is 0 Å². The molecule has 0 bridgehead atoms. The summed E-state index contributed by atoms with van der Waals surface area (Å²) in [6, 6.07) is 0. The maximum absolute atomic E-state index is 12.8. The Kier molecular flexibility index (Phi) is 5.95. The highest BCUT2D eigenvalue weighted by Crippen LogP contribution is 2.75. The van der Waals surface area contributed by atoms with Crippen molar-refractivity contribution < 1.29 is 30.3 Å². The van der Waals surface area contributed by atoms with Gasteiger partial charge in [-0.25, -0.2) is 0 Å². The smallest absolute Gasteiger partial charge is 0.310 e. The third kappa shape index (κ3) is 2.96. The number of aliphatic carboxylic acids is 1. The molecule has 204 valence electrons. The second kappa shape index (κ2) is 8.03. The molecule has 5 aliphatic carbocycles. The third-order valence-electron chi connectivity index (χ3n) is 13.4. The van der Waals surface area contributed by atoms with Gasteiger partial charge in [-0.15, -0.1) is 0 Å². The molecule has 0 aromatic heterocycles. The summed E-state index contributed by atoms with van der Waals surface area (Å²) in [6.45, 7) is 12.8. The van der Waals surface area contributed by atoms with Crippen molar-refractivity contribution in [3.8, 4) is 0 Å². The van der Waals surface area contributed by atoms with E-state index in [0.29, 0.717) is 25.2 Å². The van der Waals surface area contributed by atoms with Crippen molar-refractivity contribution in [3.05, 3.63) is 11.6 Å². The van der Waals surface area contributed by atoms with E-state index >= 15 is 0 Å². The second-order valence-corrected chi connectivity index (χ2v) is 14.6. The zero-order valence-corrected chi connectivity index (χ0v) is 23.0. The molecule has 0 aromatic rings. The average molecular weight is 505 g/mol. The zero-order chi connectivity index (χ0) is 26.6. The first-order chi connectivity index (χ1) is 16.6. The van der Waals surface area contributed by atoms with Crippen molar-refractivity contribution in [1.29, 1.82) is 0 Å². The van der Waals surface area contributed by atoms with Gasteiger partial charge < -0.3 is 25.5 Å². The first kappa shape index (κ1) is 26.6. The summed E-state index contributed by atoms with van der Waals surface area (Å²) in [5.74, 6) is -0.0914. The second-order valence-electron chi connectivity index (χ2n) is 14.6. The number of allylic oxidation sites excluding steroid dienone is 2. The zero-order valence-electron chi connectivity index (χ0n) is 23.0. The van der Waals surface area contributed by atoms with Crippen molar-refractivity contribution in [2.24, 2.45) is 56.7 Å². The molecule has 6 heteroatoms. The topological polar surface area (TPSA) is 118 Å². The standard InChI is InChI=1S/C30H48O6/c1-16-9-10-30(25(35)36)12-11-28(5)18(22(30)17(16)2)7-8-21-26(3)13-20(33)24(34)27(4,15-31)23(26)19(32)14-29(21,28)6/h7,16-17,19-24,31-34H,8-15H2,1-6H3,(H,35,36)/t16-,17+,19?,20-,21?,22+,23?,24+,26-,27+,28-,29-,30+/m1/s1. The van der Waals surface area contributed by atoms with Crippen LogP contribution in [0.4, 0.5) is 0 Å². The molecule has 0 saturated heterocycles. The minimum absolute atomic E-state index is 0.000534. The highest BCUT2D eigenvalue weighted by Gasteiger charge is 2.72. The summed E-state index contributed by atoms with van der Waals surface area (Å²) >= 11 is 0. The number of hydrogen-bond donors (Lipinski definition) is 5. The Morgan fingerprint density at radius 2 is 1.67 bits per heavy atom. The van der Waals surface area contributed by atoms with Crippen LogP contribution in [0.1, 0.15) is 86.5 Å². The molecule has 4 saturated carbocycles. The third-order valence-corrected chi connectivity index (χ3v) is 13.4. The highest BCUT2D eigenvalue weighted by molar-refractivity contribution is 5.76. The van der Waals surface area contributed by atoms with Crippen molar-refractivity contribution in [2.45, 2.75) is 105 Å². The Hall–Kier alpha value is -0.950. The number of aliphatic hydroxyl groups is 4. The molecular weight excluding hydrogens is 456 g/mol. The fraction of sp³-hybridized carbons (Fsp3) is 0.900. The van der Waals surface area contributed by atoms with E-state index in [1.54, 1.807) is 0 Å². The van der Waals surface area contributed by atoms with Crippen molar-refractivity contribution in [3.63, 3.8) is 0 Å². The number of carboxylic acid groups (broad SMARTS) is 1. The molecule has 5 aliphatic rings. The van der Waals surface area contributed by atoms with Crippen LogP contribution < -0.4 is 0 Å². The summed E-state index contributed by atoms with van der Waals surface area (Å²) in [7, 11) is 0. The van der Waals surface area contributed by atoms with Crippen LogP contribution in [0.3, 0.4) is 0 Å². The predicted molar refractivity (Wildman–Crippen MR) is 137 cm³/mol. The maximum Gasteiger partial charge on any atom is 0.310 e. The number of rotatable bonds is 2. The molecule has 6 nitrogen and oxygen atoms in total. The number of aliphatic hydroxyl groups excluding tert-OH is 4. The lowest BCUT2D eigenvalue weighted by Gasteiger charge is -2.72. The fourth-order valence-electron chi connectivity index (χ4n) is 11.2. The molecule has 5 rings (SSSR count). The molecule has 0 heterocycles. The van der Waals surface area contributed by atoms with Gasteiger partial charge in [0.15, 0.2) is 0 Å². The van der Waals surface area contributed by atoms with E-state index in [9.17, 15) is 30.3 Å². The van der Waals surface area contributed by atoms with Crippen LogP contribution in [0.2, 0.25) is 0 Å². The molecule has 3 unspecified atom stereocenters. The lowest BCUT2D eigenvalue weighted by Crippen LogP contribution is -2.71. The van der Waals surface area contributed by atoms with Crippen LogP contribution in [-0.2, 0) is 4.79 Å². The monoisotopic (exact) mass is 504 g/mol. The maximum atomic E-state index is 12.8. The van der Waals surface area contributed by atoms with Crippen molar-refractivity contribution >= 4 is 5.97 Å². The van der Waals surface area contributed by atoms with E-state index < -0.39 is 40.5 Å². The van der Waals surface area contributed by atoms with Crippen molar-refractivity contribution in [2.75, 3.05) is 6.61 Å². The summed E-state index contributed by atoms with van der Waals surface area (Å²) in [5, 5.41) is 54.7. The number of hydrogen-bond acceptors (Lipinski definition) is 5. The van der Waals surface area contributed by atoms with E-state index in [1.807, 2.05) is 6.92 Å². The first-order valence-electron chi connectivity index (χ1n) is 14.2. The lowest BCUT2D eigenvalue weighted by atomic mass is 9.32. The van der Waals surface area contributed by atoms with E-state index in [0.717, 1.165) is 25.7 Å². The molecule has 36 heavy (non-hydrogen) atoms. The van der Waals surface area contributed by atoms with Gasteiger partial charge in [-0.05, 0) is 84.9 Å². The van der Waals surface area contributed by atoms with Crippen LogP contribution in [0, 0.1) is 56.7 Å². The van der Waals surface area contributed by atoms with Gasteiger partial charge in [-0.2, -0.15) is 0 Å². The van der Waals surface area contributed by atoms with Gasteiger partial charge in [0.2, 0.25) is 0 Å². The Morgan fingerprint density at radius 3 is 2.28 bits per heavy atom. The van der Waals surface area contributed by atoms with E-state index in [1.165, 1.54) is 5.57 Å². The van der Waals surface area contributed by atoms with Gasteiger partial charge >= 0.3 is 5.97 Å². The van der Waals surface area contributed by atoms with Gasteiger partial charge in [0.1, 0.15) is 0 Å². The number of carboxylic acids is 1. The Bertz CT molecular complexity index is 963. The SMILES string of the molecule is C[C@H]1[C@H](C)CC[C@]2(C(=O)O)CC[C@]3(C)C(=CCC4[C@@]5(C)C[C@@H](O)[C@H](O)[C@@](C)(CO)C5C(O)C[C@]43C)[C@H]12. The van der Waals surface area contributed by atoms with Crippen LogP contribution in [0.15, 0.2) is 11.6 Å². The normalized spacial score (nSPS) is 58.6. The van der Waals surface area contributed by atoms with Gasteiger partial charge in [-0.3, -0.25) is 4.79 Å². The molecule has 0 aliphatic heterocycles. The number of carbonyl (C=O) groups is 1. The first-order valence-corrected chi connectivity index (χ1v) is 14.2. The van der Waals surface area contributed by atoms with Crippen LogP contribution in [0.5, 0.6) is 0 Å². The van der Waals surface area contributed by atoms with Crippen LogP contribution >= 0.6 is 0 Å². The summed E-state index contributed by atoms with van der Waals surface area (Å²) in [6.07, 6.45) is 4.44. The summed E-state index contributed by atoms with van der Waals surface area (Å²) < 4.78 is 0. The Balaban J connectivity index is 1.65. The summed E-state index contributed by atoms with van der Waals surface area (Å²) in [5.41, 5.74) is -1.41. The molecule has 5 N–H and O–H groups in total. The van der Waals surface area contributed by atoms with E-state index in [4.69, 9.17) is 0 Å². The minimum atomic E-state index is -1.08. The van der Waals surface area contributed by atoms with Gasteiger partial charge in [0.25, 0.3) is 0 Å². The van der Waals surface area contributed by atoms with Gasteiger partial charge in [0, 0.05) is 11.3 Å². The lowest BCUT2D eigenvalue weighted by molar-refractivity contribution is -0.273. The van der Waals surface area contributed by atoms with E-state index in [2.05, 4.69) is 40.7 Å². The molecule has 0 radical (unpaired) electrons.